The Morgan fingerprint density at radius 2 is 1.83 bits per heavy atom. The van der Waals surface area contributed by atoms with Gasteiger partial charge >= 0.3 is 0 Å². The van der Waals surface area contributed by atoms with Crippen LogP contribution >= 0.6 is 59.1 Å². The van der Waals surface area contributed by atoms with E-state index in [1.165, 1.54) is 0 Å². The monoisotopic (exact) mass is 448 g/mol. The van der Waals surface area contributed by atoms with Crippen molar-refractivity contribution in [3.63, 3.8) is 0 Å². The highest BCUT2D eigenvalue weighted by atomic mass is 79.9. The molecule has 1 aromatic carbocycles. The van der Waals surface area contributed by atoms with Crippen molar-refractivity contribution in [2.75, 3.05) is 5.32 Å². The molecule has 2 aromatic rings. The standard InChI is InChI=1S/C12H7Br3N2S/c13-7-1-3-8(4-2-7)17-10(6-16)11-5-9(14)12(15)18-11/h1-5,10,17H. The van der Waals surface area contributed by atoms with Crippen LogP contribution in [-0.2, 0) is 0 Å². The lowest BCUT2D eigenvalue weighted by Crippen LogP contribution is -2.06. The maximum atomic E-state index is 9.25. The summed E-state index contributed by atoms with van der Waals surface area (Å²) in [6.07, 6.45) is 0. The summed E-state index contributed by atoms with van der Waals surface area (Å²) < 4.78 is 2.99. The molecule has 18 heavy (non-hydrogen) atoms. The smallest absolute Gasteiger partial charge is 0.149 e. The lowest BCUT2D eigenvalue weighted by atomic mass is 10.2. The fourth-order valence-electron chi connectivity index (χ4n) is 1.39. The van der Waals surface area contributed by atoms with E-state index in [4.69, 9.17) is 0 Å². The van der Waals surface area contributed by atoms with Crippen LogP contribution in [-0.4, -0.2) is 0 Å². The molecule has 0 saturated heterocycles. The van der Waals surface area contributed by atoms with Gasteiger partial charge in [0.1, 0.15) is 6.04 Å². The summed E-state index contributed by atoms with van der Waals surface area (Å²) in [5.41, 5.74) is 0.922. The van der Waals surface area contributed by atoms with Gasteiger partial charge in [-0.3, -0.25) is 0 Å². The Kier molecular flexibility index (Phi) is 4.84. The molecule has 2 rings (SSSR count). The second-order valence-corrected chi connectivity index (χ2v) is 7.66. The summed E-state index contributed by atoms with van der Waals surface area (Å²) in [5.74, 6) is 0. The van der Waals surface area contributed by atoms with Gasteiger partial charge in [0.2, 0.25) is 0 Å². The lowest BCUT2D eigenvalue weighted by Gasteiger charge is -2.11. The molecular weight excluding hydrogens is 444 g/mol. The van der Waals surface area contributed by atoms with E-state index in [1.54, 1.807) is 11.3 Å². The van der Waals surface area contributed by atoms with E-state index in [1.807, 2.05) is 30.3 Å². The molecule has 0 aliphatic carbocycles. The third-order valence-corrected chi connectivity index (χ3v) is 6.08. The number of halogens is 3. The minimum Gasteiger partial charge on any atom is -0.366 e. The van der Waals surface area contributed by atoms with E-state index in [9.17, 15) is 5.26 Å². The maximum Gasteiger partial charge on any atom is 0.149 e. The van der Waals surface area contributed by atoms with E-state index in [-0.39, 0.29) is 6.04 Å². The van der Waals surface area contributed by atoms with Crippen molar-refractivity contribution in [2.24, 2.45) is 0 Å². The average Bonchev–Trinajstić information content (AvgIpc) is 2.69. The number of hydrogen-bond donors (Lipinski definition) is 1. The zero-order valence-electron chi connectivity index (χ0n) is 8.95. The molecule has 0 aliphatic rings. The normalized spacial score (nSPS) is 11.9. The van der Waals surface area contributed by atoms with Crippen LogP contribution in [0.2, 0.25) is 0 Å². The van der Waals surface area contributed by atoms with Crippen molar-refractivity contribution >= 4 is 64.8 Å². The SMILES string of the molecule is N#CC(Nc1ccc(Br)cc1)c1cc(Br)c(Br)s1. The summed E-state index contributed by atoms with van der Waals surface area (Å²) in [6.45, 7) is 0. The Hall–Kier alpha value is -0.350. The minimum absolute atomic E-state index is 0.348. The molecule has 0 spiro atoms. The fourth-order valence-corrected chi connectivity index (χ4v) is 3.74. The predicted octanol–water partition coefficient (Wildman–Crippen LogP) is 5.71. The minimum atomic E-state index is -0.348. The summed E-state index contributed by atoms with van der Waals surface area (Å²) in [7, 11) is 0. The van der Waals surface area contributed by atoms with Crippen LogP contribution in [0.15, 0.2) is 43.1 Å². The third kappa shape index (κ3) is 3.35. The van der Waals surface area contributed by atoms with Crippen LogP contribution in [0.25, 0.3) is 0 Å². The van der Waals surface area contributed by atoms with Crippen molar-refractivity contribution in [1.82, 2.24) is 0 Å². The highest BCUT2D eigenvalue weighted by Gasteiger charge is 2.15. The predicted molar refractivity (Wildman–Crippen MR) is 85.8 cm³/mol. The Bertz CT molecular complexity index is 567. The van der Waals surface area contributed by atoms with Crippen LogP contribution in [0, 0.1) is 11.3 Å². The molecule has 0 saturated carbocycles. The molecule has 0 fully saturated rings. The zero-order chi connectivity index (χ0) is 13.1. The summed E-state index contributed by atoms with van der Waals surface area (Å²) >= 11 is 11.8. The number of nitrogens with zero attached hydrogens (tertiary/aromatic N) is 1. The summed E-state index contributed by atoms with van der Waals surface area (Å²) in [5, 5.41) is 12.4. The molecule has 2 nitrogen and oxygen atoms in total. The number of nitrogens with one attached hydrogen (secondary N) is 1. The van der Waals surface area contributed by atoms with Crippen LogP contribution in [0.3, 0.4) is 0 Å². The van der Waals surface area contributed by atoms with Crippen molar-refractivity contribution in [1.29, 1.82) is 5.26 Å². The first-order valence-electron chi connectivity index (χ1n) is 4.96. The maximum absolute atomic E-state index is 9.25. The van der Waals surface area contributed by atoms with Gasteiger partial charge in [0.25, 0.3) is 0 Å². The number of hydrogen-bond acceptors (Lipinski definition) is 3. The van der Waals surface area contributed by atoms with E-state index < -0.39 is 0 Å². The highest BCUT2D eigenvalue weighted by molar-refractivity contribution is 9.13. The third-order valence-electron chi connectivity index (χ3n) is 2.23. The average molecular weight is 451 g/mol. The zero-order valence-corrected chi connectivity index (χ0v) is 14.5. The summed E-state index contributed by atoms with van der Waals surface area (Å²) in [6, 6.07) is 11.6. The van der Waals surface area contributed by atoms with Gasteiger partial charge in [-0.05, 0) is 62.2 Å². The number of anilines is 1. The van der Waals surface area contributed by atoms with Gasteiger partial charge < -0.3 is 5.32 Å². The molecule has 1 heterocycles. The van der Waals surface area contributed by atoms with E-state index >= 15 is 0 Å². The number of benzene rings is 1. The molecule has 1 atom stereocenters. The second-order valence-electron chi connectivity index (χ2n) is 3.48. The van der Waals surface area contributed by atoms with Gasteiger partial charge in [-0.2, -0.15) is 5.26 Å². The molecule has 0 aliphatic heterocycles. The van der Waals surface area contributed by atoms with E-state index in [2.05, 4.69) is 59.2 Å². The van der Waals surface area contributed by atoms with Crippen molar-refractivity contribution in [3.05, 3.63) is 47.9 Å². The van der Waals surface area contributed by atoms with Crippen LogP contribution in [0.4, 0.5) is 5.69 Å². The van der Waals surface area contributed by atoms with Crippen molar-refractivity contribution in [3.8, 4) is 6.07 Å². The molecule has 1 N–H and O–H groups in total. The van der Waals surface area contributed by atoms with Crippen molar-refractivity contribution < 1.29 is 0 Å². The molecule has 1 aromatic heterocycles. The number of nitriles is 1. The number of rotatable bonds is 3. The summed E-state index contributed by atoms with van der Waals surface area (Å²) in [4.78, 5) is 0.971. The van der Waals surface area contributed by atoms with E-state index in [0.29, 0.717) is 0 Å². The Labute approximate surface area is 134 Å². The first-order chi connectivity index (χ1) is 8.60. The van der Waals surface area contributed by atoms with Gasteiger partial charge in [-0.25, -0.2) is 0 Å². The molecule has 1 unspecified atom stereocenters. The largest absolute Gasteiger partial charge is 0.366 e. The molecule has 0 radical (unpaired) electrons. The second kappa shape index (κ2) is 6.20. The van der Waals surface area contributed by atoms with Crippen LogP contribution < -0.4 is 5.32 Å². The molecule has 0 amide bonds. The molecule has 92 valence electrons. The van der Waals surface area contributed by atoms with Gasteiger partial charge in [-0.15, -0.1) is 11.3 Å². The number of thiophene rings is 1. The van der Waals surface area contributed by atoms with Crippen LogP contribution in [0.1, 0.15) is 10.9 Å². The van der Waals surface area contributed by atoms with Crippen molar-refractivity contribution in [2.45, 2.75) is 6.04 Å². The van der Waals surface area contributed by atoms with Crippen LogP contribution in [0.5, 0.6) is 0 Å². The fraction of sp³-hybridized carbons (Fsp3) is 0.0833. The van der Waals surface area contributed by atoms with Gasteiger partial charge in [0, 0.05) is 19.5 Å². The van der Waals surface area contributed by atoms with Gasteiger partial charge in [0.05, 0.1) is 9.86 Å². The lowest BCUT2D eigenvalue weighted by molar-refractivity contribution is 1.03. The molecular formula is C12H7Br3N2S. The van der Waals surface area contributed by atoms with Gasteiger partial charge in [-0.1, -0.05) is 15.9 Å². The Morgan fingerprint density at radius 1 is 1.17 bits per heavy atom. The Balaban J connectivity index is 2.20. The van der Waals surface area contributed by atoms with Gasteiger partial charge in [0.15, 0.2) is 0 Å². The first-order valence-corrected chi connectivity index (χ1v) is 8.16. The highest BCUT2D eigenvalue weighted by Crippen LogP contribution is 2.36. The van der Waals surface area contributed by atoms with E-state index in [0.717, 1.165) is 23.3 Å². The topological polar surface area (TPSA) is 35.8 Å². The molecule has 0 bridgehead atoms. The quantitative estimate of drug-likeness (QED) is 0.649. The first kappa shape index (κ1) is 14.1. The molecule has 6 heteroatoms. The Morgan fingerprint density at radius 3 is 2.33 bits per heavy atom.